The zero-order valence-electron chi connectivity index (χ0n) is 16.5. The van der Waals surface area contributed by atoms with Crippen LogP contribution in [0.2, 0.25) is 5.02 Å². The van der Waals surface area contributed by atoms with Gasteiger partial charge in [-0.1, -0.05) is 47.5 Å². The van der Waals surface area contributed by atoms with Gasteiger partial charge in [0.15, 0.2) is 0 Å². The second-order valence-corrected chi connectivity index (χ2v) is 9.24. The van der Waals surface area contributed by atoms with Gasteiger partial charge in [-0.25, -0.2) is 17.2 Å². The lowest BCUT2D eigenvalue weighted by Crippen LogP contribution is -2.37. The number of para-hydroxylation sites is 1. The molecule has 0 atom stereocenters. The third kappa shape index (κ3) is 5.66. The number of nitrogens with one attached hydrogen (secondary N) is 1. The van der Waals surface area contributed by atoms with E-state index in [4.69, 9.17) is 11.6 Å². The summed E-state index contributed by atoms with van der Waals surface area (Å²) in [6.45, 7) is 0.997. The molecule has 0 fully saturated rings. The molecule has 0 spiro atoms. The molecule has 3 aromatic carbocycles. The summed E-state index contributed by atoms with van der Waals surface area (Å²) >= 11 is 5.99. The SMILES string of the molecule is Cc1ccc(S(=O)(=O)N(CC(=O)Nc2c(F)cccc2F)Cc2cccc(Cl)c2)cc1. The maximum atomic E-state index is 13.9. The van der Waals surface area contributed by atoms with Crippen molar-refractivity contribution < 1.29 is 22.0 Å². The van der Waals surface area contributed by atoms with E-state index in [1.807, 2.05) is 6.92 Å². The lowest BCUT2D eigenvalue weighted by Gasteiger charge is -2.22. The van der Waals surface area contributed by atoms with Crippen LogP contribution in [0.5, 0.6) is 0 Å². The minimum absolute atomic E-state index is 0.00926. The van der Waals surface area contributed by atoms with Gasteiger partial charge in [0.25, 0.3) is 0 Å². The predicted molar refractivity (Wildman–Crippen MR) is 115 cm³/mol. The molecule has 0 aliphatic rings. The van der Waals surface area contributed by atoms with Crippen molar-refractivity contribution in [2.24, 2.45) is 0 Å². The van der Waals surface area contributed by atoms with Crippen LogP contribution in [-0.4, -0.2) is 25.2 Å². The number of rotatable bonds is 7. The van der Waals surface area contributed by atoms with Crippen LogP contribution in [0, 0.1) is 18.6 Å². The molecule has 0 unspecified atom stereocenters. The molecule has 0 saturated carbocycles. The largest absolute Gasteiger partial charge is 0.320 e. The average Bonchev–Trinajstić information content (AvgIpc) is 2.71. The monoisotopic (exact) mass is 464 g/mol. The van der Waals surface area contributed by atoms with Gasteiger partial charge in [-0.15, -0.1) is 0 Å². The van der Waals surface area contributed by atoms with E-state index in [2.05, 4.69) is 5.32 Å². The topological polar surface area (TPSA) is 66.5 Å². The first-order valence-corrected chi connectivity index (χ1v) is 11.0. The zero-order valence-corrected chi connectivity index (χ0v) is 18.1. The molecule has 5 nitrogen and oxygen atoms in total. The van der Waals surface area contributed by atoms with Gasteiger partial charge in [-0.05, 0) is 48.9 Å². The van der Waals surface area contributed by atoms with Crippen LogP contribution in [0.25, 0.3) is 0 Å². The second kappa shape index (κ2) is 9.55. The number of amides is 1. The zero-order chi connectivity index (χ0) is 22.6. The Morgan fingerprint density at radius 1 is 1.00 bits per heavy atom. The van der Waals surface area contributed by atoms with Crippen molar-refractivity contribution in [3.8, 4) is 0 Å². The van der Waals surface area contributed by atoms with Gasteiger partial charge in [0.1, 0.15) is 17.3 Å². The first-order valence-electron chi connectivity index (χ1n) is 9.22. The molecule has 162 valence electrons. The number of benzene rings is 3. The van der Waals surface area contributed by atoms with Crippen molar-refractivity contribution in [1.82, 2.24) is 4.31 Å². The van der Waals surface area contributed by atoms with Crippen molar-refractivity contribution in [1.29, 1.82) is 0 Å². The molecule has 0 radical (unpaired) electrons. The highest BCUT2D eigenvalue weighted by Crippen LogP contribution is 2.22. The molecule has 3 rings (SSSR count). The van der Waals surface area contributed by atoms with Crippen LogP contribution in [0.4, 0.5) is 14.5 Å². The third-order valence-corrected chi connectivity index (χ3v) is 6.49. The first-order chi connectivity index (χ1) is 14.7. The Labute approximate surface area is 184 Å². The van der Waals surface area contributed by atoms with E-state index in [1.165, 1.54) is 12.1 Å². The van der Waals surface area contributed by atoms with Crippen molar-refractivity contribution in [3.05, 3.63) is 94.5 Å². The van der Waals surface area contributed by atoms with E-state index < -0.39 is 39.8 Å². The Kier molecular flexibility index (Phi) is 7.04. The summed E-state index contributed by atoms with van der Waals surface area (Å²) in [6.07, 6.45) is 0. The number of carbonyl (C=O) groups is 1. The molecule has 1 N–H and O–H groups in total. The van der Waals surface area contributed by atoms with Gasteiger partial charge in [-0.2, -0.15) is 4.31 Å². The first kappa shape index (κ1) is 22.9. The Morgan fingerprint density at radius 2 is 1.61 bits per heavy atom. The van der Waals surface area contributed by atoms with Crippen LogP contribution < -0.4 is 5.32 Å². The van der Waals surface area contributed by atoms with Crippen LogP contribution in [0.3, 0.4) is 0 Å². The van der Waals surface area contributed by atoms with E-state index in [1.54, 1.807) is 36.4 Å². The van der Waals surface area contributed by atoms with Gasteiger partial charge in [-0.3, -0.25) is 4.79 Å². The van der Waals surface area contributed by atoms with E-state index in [0.29, 0.717) is 10.6 Å². The molecule has 0 aliphatic heterocycles. The number of aryl methyl sites for hydroxylation is 1. The van der Waals surface area contributed by atoms with Crippen molar-refractivity contribution in [2.75, 3.05) is 11.9 Å². The fourth-order valence-electron chi connectivity index (χ4n) is 2.88. The number of halogens is 3. The van der Waals surface area contributed by atoms with Gasteiger partial charge < -0.3 is 5.32 Å². The smallest absolute Gasteiger partial charge is 0.243 e. The van der Waals surface area contributed by atoms with E-state index in [0.717, 1.165) is 28.1 Å². The highest BCUT2D eigenvalue weighted by atomic mass is 35.5. The number of carbonyl (C=O) groups excluding carboxylic acids is 1. The molecule has 0 aliphatic carbocycles. The summed E-state index contributed by atoms with van der Waals surface area (Å²) in [6, 6.07) is 15.8. The maximum Gasteiger partial charge on any atom is 0.243 e. The van der Waals surface area contributed by atoms with Crippen LogP contribution >= 0.6 is 11.6 Å². The number of nitrogens with zero attached hydrogens (tertiary/aromatic N) is 1. The van der Waals surface area contributed by atoms with Gasteiger partial charge in [0, 0.05) is 11.6 Å². The second-order valence-electron chi connectivity index (χ2n) is 6.86. The maximum absolute atomic E-state index is 13.9. The molecular formula is C22H19ClF2N2O3S. The molecule has 0 aromatic heterocycles. The number of hydrogen-bond donors (Lipinski definition) is 1. The molecular weight excluding hydrogens is 446 g/mol. The normalized spacial score (nSPS) is 11.5. The van der Waals surface area contributed by atoms with Crippen molar-refractivity contribution >= 4 is 33.2 Å². The Hall–Kier alpha value is -2.81. The summed E-state index contributed by atoms with van der Waals surface area (Å²) in [7, 11) is -4.09. The van der Waals surface area contributed by atoms with Gasteiger partial charge in [0.2, 0.25) is 15.9 Å². The minimum atomic E-state index is -4.09. The number of hydrogen-bond acceptors (Lipinski definition) is 3. The fraction of sp³-hybridized carbons (Fsp3) is 0.136. The highest BCUT2D eigenvalue weighted by molar-refractivity contribution is 7.89. The van der Waals surface area contributed by atoms with E-state index in [-0.39, 0.29) is 11.4 Å². The van der Waals surface area contributed by atoms with E-state index >= 15 is 0 Å². The Bertz CT molecular complexity index is 1180. The molecule has 31 heavy (non-hydrogen) atoms. The van der Waals surface area contributed by atoms with Crippen LogP contribution in [0.1, 0.15) is 11.1 Å². The quantitative estimate of drug-likeness (QED) is 0.548. The van der Waals surface area contributed by atoms with E-state index in [9.17, 15) is 22.0 Å². The van der Waals surface area contributed by atoms with Gasteiger partial charge in [0.05, 0.1) is 11.4 Å². The molecule has 3 aromatic rings. The summed E-state index contributed by atoms with van der Waals surface area (Å²) in [4.78, 5) is 12.5. The molecule has 0 saturated heterocycles. The van der Waals surface area contributed by atoms with Crippen LogP contribution in [0.15, 0.2) is 71.6 Å². The molecule has 1 amide bonds. The van der Waals surface area contributed by atoms with Crippen LogP contribution in [-0.2, 0) is 21.4 Å². The summed E-state index contributed by atoms with van der Waals surface area (Å²) < 4.78 is 55.1. The Morgan fingerprint density at radius 3 is 2.23 bits per heavy atom. The number of sulfonamides is 1. The summed E-state index contributed by atoms with van der Waals surface area (Å²) in [5, 5.41) is 2.52. The minimum Gasteiger partial charge on any atom is -0.320 e. The third-order valence-electron chi connectivity index (χ3n) is 4.45. The highest BCUT2D eigenvalue weighted by Gasteiger charge is 2.27. The lowest BCUT2D eigenvalue weighted by atomic mass is 10.2. The molecule has 0 bridgehead atoms. The summed E-state index contributed by atoms with van der Waals surface area (Å²) in [5.41, 5.74) is 0.782. The lowest BCUT2D eigenvalue weighted by molar-refractivity contribution is -0.116. The molecule has 9 heteroatoms. The molecule has 0 heterocycles. The van der Waals surface area contributed by atoms with Crippen molar-refractivity contribution in [3.63, 3.8) is 0 Å². The van der Waals surface area contributed by atoms with Crippen molar-refractivity contribution in [2.45, 2.75) is 18.4 Å². The predicted octanol–water partition coefficient (Wildman–Crippen LogP) is 4.76. The van der Waals surface area contributed by atoms with Gasteiger partial charge >= 0.3 is 0 Å². The fourth-order valence-corrected chi connectivity index (χ4v) is 4.48. The Balaban J connectivity index is 1.91. The summed E-state index contributed by atoms with van der Waals surface area (Å²) in [5.74, 6) is -2.81. The average molecular weight is 465 g/mol. The number of anilines is 1. The standard InChI is InChI=1S/C22H19ClF2N2O3S/c1-15-8-10-18(11-9-15)31(29,30)27(13-16-4-2-5-17(23)12-16)14-21(28)26-22-19(24)6-3-7-20(22)25/h2-12H,13-14H2,1H3,(H,26,28).